The van der Waals surface area contributed by atoms with Crippen molar-refractivity contribution in [2.24, 2.45) is 5.92 Å². The minimum atomic E-state index is 0.778. The second-order valence-corrected chi connectivity index (χ2v) is 2.82. The van der Waals surface area contributed by atoms with Crippen molar-refractivity contribution in [3.8, 4) is 0 Å². The third-order valence-corrected chi connectivity index (χ3v) is 2.02. The van der Waals surface area contributed by atoms with Crippen LogP contribution in [-0.4, -0.2) is 12.6 Å². The molecule has 1 saturated heterocycles. The summed E-state index contributed by atoms with van der Waals surface area (Å²) in [6, 6.07) is 0.778. The van der Waals surface area contributed by atoms with Crippen LogP contribution < -0.4 is 5.32 Å². The third-order valence-electron chi connectivity index (χ3n) is 2.02. The quantitative estimate of drug-likeness (QED) is 0.594. The van der Waals surface area contributed by atoms with Crippen LogP contribution in [0.1, 0.15) is 40.5 Å². The van der Waals surface area contributed by atoms with Gasteiger partial charge in [-0.05, 0) is 25.8 Å². The Balaban J connectivity index is 0.000000371. The summed E-state index contributed by atoms with van der Waals surface area (Å²) >= 11 is 0. The van der Waals surface area contributed by atoms with E-state index in [0.29, 0.717) is 0 Å². The highest BCUT2D eigenvalue weighted by Gasteiger charge is 2.17. The maximum atomic E-state index is 3.42. The number of rotatable bonds is 1. The number of nitrogens with one attached hydrogen (secondary N) is 1. The van der Waals surface area contributed by atoms with Crippen molar-refractivity contribution in [3.63, 3.8) is 0 Å². The van der Waals surface area contributed by atoms with Gasteiger partial charge in [0.15, 0.2) is 0 Å². The first kappa shape index (κ1) is 9.96. The molecule has 0 saturated carbocycles. The van der Waals surface area contributed by atoms with E-state index in [9.17, 15) is 0 Å². The zero-order valence-electron chi connectivity index (χ0n) is 7.78. The van der Waals surface area contributed by atoms with Crippen LogP contribution in [-0.2, 0) is 0 Å². The van der Waals surface area contributed by atoms with Gasteiger partial charge >= 0.3 is 0 Å². The molecule has 2 unspecified atom stereocenters. The summed E-state index contributed by atoms with van der Waals surface area (Å²) in [5.74, 6) is 0.963. The summed E-state index contributed by atoms with van der Waals surface area (Å²) < 4.78 is 0. The molecule has 0 spiro atoms. The van der Waals surface area contributed by atoms with E-state index in [0.717, 1.165) is 12.0 Å². The molecule has 0 aromatic carbocycles. The fourth-order valence-corrected chi connectivity index (χ4v) is 1.35. The molecule has 1 heteroatoms. The van der Waals surface area contributed by atoms with Gasteiger partial charge in [-0.15, -0.1) is 0 Å². The Bertz CT molecular complexity index is 71.1. The van der Waals surface area contributed by atoms with Gasteiger partial charge in [0.2, 0.25) is 0 Å². The van der Waals surface area contributed by atoms with Crippen LogP contribution in [0.3, 0.4) is 0 Å². The molecule has 0 radical (unpaired) electrons. The first-order valence-electron chi connectivity index (χ1n) is 4.56. The average molecular weight is 143 g/mol. The molecule has 0 bridgehead atoms. The predicted octanol–water partition coefficient (Wildman–Crippen LogP) is 2.42. The Morgan fingerprint density at radius 2 is 2.00 bits per heavy atom. The van der Waals surface area contributed by atoms with Crippen LogP contribution in [0.2, 0.25) is 0 Å². The van der Waals surface area contributed by atoms with E-state index in [-0.39, 0.29) is 0 Å². The molecule has 0 aromatic rings. The van der Waals surface area contributed by atoms with Gasteiger partial charge < -0.3 is 5.32 Å². The zero-order valence-corrected chi connectivity index (χ0v) is 7.78. The van der Waals surface area contributed by atoms with E-state index < -0.39 is 0 Å². The van der Waals surface area contributed by atoms with E-state index in [1.54, 1.807) is 0 Å². The van der Waals surface area contributed by atoms with Crippen molar-refractivity contribution in [3.05, 3.63) is 0 Å². The minimum Gasteiger partial charge on any atom is -0.314 e. The molecule has 0 aromatic heterocycles. The SMILES string of the molecule is CC.CCC1CNC(C)C1. The maximum absolute atomic E-state index is 3.42. The van der Waals surface area contributed by atoms with Gasteiger partial charge in [0.25, 0.3) is 0 Å². The second kappa shape index (κ2) is 5.72. The van der Waals surface area contributed by atoms with Crippen molar-refractivity contribution in [2.75, 3.05) is 6.54 Å². The Hall–Kier alpha value is -0.0400. The maximum Gasteiger partial charge on any atom is 0.00419 e. The molecular weight excluding hydrogens is 122 g/mol. The lowest BCUT2D eigenvalue weighted by atomic mass is 10.0. The van der Waals surface area contributed by atoms with Gasteiger partial charge in [-0.2, -0.15) is 0 Å². The molecule has 1 aliphatic rings. The molecule has 1 heterocycles. The molecule has 0 amide bonds. The monoisotopic (exact) mass is 143 g/mol. The van der Waals surface area contributed by atoms with Gasteiger partial charge in [0.1, 0.15) is 0 Å². The van der Waals surface area contributed by atoms with E-state index in [4.69, 9.17) is 0 Å². The molecule has 1 N–H and O–H groups in total. The summed E-state index contributed by atoms with van der Waals surface area (Å²) in [5, 5.41) is 3.42. The first-order chi connectivity index (χ1) is 4.83. The predicted molar refractivity (Wildman–Crippen MR) is 47.2 cm³/mol. The Kier molecular flexibility index (Phi) is 5.70. The van der Waals surface area contributed by atoms with Crippen LogP contribution in [0.25, 0.3) is 0 Å². The second-order valence-electron chi connectivity index (χ2n) is 2.82. The highest BCUT2D eigenvalue weighted by atomic mass is 14.9. The summed E-state index contributed by atoms with van der Waals surface area (Å²) in [5.41, 5.74) is 0. The summed E-state index contributed by atoms with van der Waals surface area (Å²) in [6.45, 7) is 9.78. The van der Waals surface area contributed by atoms with Crippen LogP contribution in [0.4, 0.5) is 0 Å². The lowest BCUT2D eigenvalue weighted by molar-refractivity contribution is 0.549. The van der Waals surface area contributed by atoms with E-state index in [2.05, 4.69) is 19.2 Å². The fourth-order valence-electron chi connectivity index (χ4n) is 1.35. The molecule has 10 heavy (non-hydrogen) atoms. The molecule has 2 atom stereocenters. The van der Waals surface area contributed by atoms with Crippen LogP contribution in [0, 0.1) is 5.92 Å². The van der Waals surface area contributed by atoms with Gasteiger partial charge in [0.05, 0.1) is 0 Å². The van der Waals surface area contributed by atoms with E-state index >= 15 is 0 Å². The zero-order chi connectivity index (χ0) is 7.98. The van der Waals surface area contributed by atoms with Gasteiger partial charge in [0, 0.05) is 6.04 Å². The van der Waals surface area contributed by atoms with Gasteiger partial charge in [-0.25, -0.2) is 0 Å². The largest absolute Gasteiger partial charge is 0.314 e. The lowest BCUT2D eigenvalue weighted by Gasteiger charge is -2.00. The summed E-state index contributed by atoms with van der Waals surface area (Å²) in [7, 11) is 0. The number of hydrogen-bond acceptors (Lipinski definition) is 1. The standard InChI is InChI=1S/C7H15N.C2H6/c1-3-7-4-6(2)8-5-7;1-2/h6-8H,3-5H2,1-2H3;1-2H3. The first-order valence-corrected chi connectivity index (χ1v) is 4.56. The molecule has 1 aliphatic heterocycles. The molecular formula is C9H21N. The van der Waals surface area contributed by atoms with Crippen LogP contribution in [0.15, 0.2) is 0 Å². The fraction of sp³-hybridized carbons (Fsp3) is 1.00. The summed E-state index contributed by atoms with van der Waals surface area (Å²) in [6.07, 6.45) is 2.73. The molecule has 1 nitrogen and oxygen atoms in total. The Morgan fingerprint density at radius 3 is 2.20 bits per heavy atom. The van der Waals surface area contributed by atoms with Crippen molar-refractivity contribution in [2.45, 2.75) is 46.6 Å². The number of hydrogen-bond donors (Lipinski definition) is 1. The topological polar surface area (TPSA) is 12.0 Å². The highest BCUT2D eigenvalue weighted by Crippen LogP contribution is 2.15. The summed E-state index contributed by atoms with van der Waals surface area (Å²) in [4.78, 5) is 0. The highest BCUT2D eigenvalue weighted by molar-refractivity contribution is 4.76. The van der Waals surface area contributed by atoms with Crippen molar-refractivity contribution < 1.29 is 0 Å². The minimum absolute atomic E-state index is 0.778. The third kappa shape index (κ3) is 3.21. The van der Waals surface area contributed by atoms with Crippen LogP contribution in [0.5, 0.6) is 0 Å². The molecule has 1 rings (SSSR count). The Morgan fingerprint density at radius 1 is 1.40 bits per heavy atom. The normalized spacial score (nSPS) is 31.2. The van der Waals surface area contributed by atoms with Crippen molar-refractivity contribution >= 4 is 0 Å². The van der Waals surface area contributed by atoms with Crippen LogP contribution >= 0.6 is 0 Å². The molecule has 62 valence electrons. The van der Waals surface area contributed by atoms with E-state index in [1.807, 2.05) is 13.8 Å². The lowest BCUT2D eigenvalue weighted by Crippen LogP contribution is -2.16. The average Bonchev–Trinajstić information content (AvgIpc) is 2.40. The van der Waals surface area contributed by atoms with Gasteiger partial charge in [-0.3, -0.25) is 0 Å². The van der Waals surface area contributed by atoms with Crippen molar-refractivity contribution in [1.29, 1.82) is 0 Å². The van der Waals surface area contributed by atoms with E-state index in [1.165, 1.54) is 19.4 Å². The molecule has 1 fully saturated rings. The van der Waals surface area contributed by atoms with Gasteiger partial charge in [-0.1, -0.05) is 27.2 Å². The van der Waals surface area contributed by atoms with Crippen molar-refractivity contribution in [1.82, 2.24) is 5.32 Å². The Labute approximate surface area is 65.2 Å². The molecule has 0 aliphatic carbocycles. The smallest absolute Gasteiger partial charge is 0.00419 e.